The van der Waals surface area contributed by atoms with Crippen LogP contribution in [0.25, 0.3) is 5.69 Å². The Kier molecular flexibility index (Phi) is 5.25. The summed E-state index contributed by atoms with van der Waals surface area (Å²) in [6, 6.07) is 15.1. The van der Waals surface area contributed by atoms with E-state index >= 15 is 0 Å². The Hall–Kier alpha value is -2.11. The van der Waals surface area contributed by atoms with Crippen molar-refractivity contribution >= 4 is 29.1 Å². The average Bonchev–Trinajstić information content (AvgIpc) is 2.95. The van der Waals surface area contributed by atoms with Crippen LogP contribution in [0.15, 0.2) is 53.7 Å². The first-order valence-corrected chi connectivity index (χ1v) is 9.17. The molecule has 128 valence electrons. The summed E-state index contributed by atoms with van der Waals surface area (Å²) in [6.07, 6.45) is 0. The summed E-state index contributed by atoms with van der Waals surface area (Å²) in [7, 11) is 0. The number of aryl methyl sites for hydroxylation is 2. The fourth-order valence-electron chi connectivity index (χ4n) is 2.54. The maximum Gasteiger partial charge on any atom is 0.196 e. The molecule has 3 aromatic rings. The second-order valence-electron chi connectivity index (χ2n) is 5.84. The first-order valence-electron chi connectivity index (χ1n) is 7.91. The molecule has 4 nitrogen and oxygen atoms in total. The molecule has 0 saturated heterocycles. The molecule has 25 heavy (non-hydrogen) atoms. The topological polar surface area (TPSA) is 47.8 Å². The van der Waals surface area contributed by atoms with E-state index in [4.69, 9.17) is 11.6 Å². The molecule has 0 radical (unpaired) electrons. The minimum Gasteiger partial charge on any atom is -0.293 e. The maximum absolute atomic E-state index is 12.6. The molecule has 6 heteroatoms. The van der Waals surface area contributed by atoms with Crippen LogP contribution in [0, 0.1) is 13.8 Å². The monoisotopic (exact) mass is 371 g/mol. The van der Waals surface area contributed by atoms with Crippen LogP contribution < -0.4 is 0 Å². The van der Waals surface area contributed by atoms with Gasteiger partial charge in [-0.15, -0.1) is 10.2 Å². The molecule has 1 aromatic heterocycles. The van der Waals surface area contributed by atoms with Gasteiger partial charge in [-0.1, -0.05) is 35.5 Å². The largest absolute Gasteiger partial charge is 0.293 e. The lowest BCUT2D eigenvalue weighted by Crippen LogP contribution is -2.14. The first-order chi connectivity index (χ1) is 12.0. The van der Waals surface area contributed by atoms with E-state index < -0.39 is 0 Å². The van der Waals surface area contributed by atoms with Crippen molar-refractivity contribution in [2.75, 3.05) is 0 Å². The Morgan fingerprint density at radius 1 is 1.12 bits per heavy atom. The fourth-order valence-corrected chi connectivity index (χ4v) is 3.66. The number of aromatic nitrogens is 3. The van der Waals surface area contributed by atoms with Gasteiger partial charge in [0.15, 0.2) is 10.9 Å². The molecule has 0 fully saturated rings. The van der Waals surface area contributed by atoms with Crippen LogP contribution in [-0.4, -0.2) is 25.8 Å². The quantitative estimate of drug-likeness (QED) is 0.472. The normalized spacial score (nSPS) is 12.2. The van der Waals surface area contributed by atoms with Gasteiger partial charge in [0.25, 0.3) is 0 Å². The van der Waals surface area contributed by atoms with Gasteiger partial charge in [0.2, 0.25) is 0 Å². The fraction of sp³-hybridized carbons (Fsp3) is 0.211. The van der Waals surface area contributed by atoms with Gasteiger partial charge < -0.3 is 0 Å². The molecule has 1 heterocycles. The van der Waals surface area contributed by atoms with E-state index in [-0.39, 0.29) is 11.0 Å². The molecular weight excluding hydrogens is 354 g/mol. The van der Waals surface area contributed by atoms with Gasteiger partial charge in [-0.3, -0.25) is 9.36 Å². The van der Waals surface area contributed by atoms with Gasteiger partial charge in [0, 0.05) is 16.3 Å². The zero-order valence-corrected chi connectivity index (χ0v) is 15.8. The van der Waals surface area contributed by atoms with E-state index in [0.717, 1.165) is 17.1 Å². The Balaban J connectivity index is 1.86. The molecule has 3 rings (SSSR count). The number of hydrogen-bond acceptors (Lipinski definition) is 4. The predicted molar refractivity (Wildman–Crippen MR) is 102 cm³/mol. The Labute approximate surface area is 156 Å². The number of rotatable bonds is 5. The second kappa shape index (κ2) is 7.42. The lowest BCUT2D eigenvalue weighted by Gasteiger charge is -2.12. The van der Waals surface area contributed by atoms with Crippen LogP contribution in [0.1, 0.15) is 28.7 Å². The number of halogens is 1. The third-order valence-corrected chi connectivity index (χ3v) is 5.13. The van der Waals surface area contributed by atoms with Crippen LogP contribution >= 0.6 is 23.4 Å². The zero-order chi connectivity index (χ0) is 18.0. The minimum atomic E-state index is -0.284. The van der Waals surface area contributed by atoms with Crippen LogP contribution in [-0.2, 0) is 0 Å². The van der Waals surface area contributed by atoms with Gasteiger partial charge in [-0.05, 0) is 62.7 Å². The van der Waals surface area contributed by atoms with E-state index in [9.17, 15) is 4.79 Å². The van der Waals surface area contributed by atoms with Gasteiger partial charge in [0.1, 0.15) is 5.82 Å². The predicted octanol–water partition coefficient (Wildman–Crippen LogP) is 4.90. The number of benzene rings is 2. The van der Waals surface area contributed by atoms with Crippen molar-refractivity contribution in [2.45, 2.75) is 31.2 Å². The van der Waals surface area contributed by atoms with Crippen molar-refractivity contribution in [1.82, 2.24) is 14.8 Å². The highest BCUT2D eigenvalue weighted by Crippen LogP contribution is 2.28. The highest BCUT2D eigenvalue weighted by Gasteiger charge is 2.21. The van der Waals surface area contributed by atoms with Crippen molar-refractivity contribution in [3.63, 3.8) is 0 Å². The molecular formula is C19H18ClN3OS. The molecule has 0 unspecified atom stereocenters. The number of hydrogen-bond donors (Lipinski definition) is 0. The molecule has 0 amide bonds. The van der Waals surface area contributed by atoms with Crippen molar-refractivity contribution in [2.24, 2.45) is 0 Å². The van der Waals surface area contributed by atoms with Crippen LogP contribution in [0.3, 0.4) is 0 Å². The Morgan fingerprint density at radius 2 is 1.84 bits per heavy atom. The molecule has 2 aromatic carbocycles. The van der Waals surface area contributed by atoms with E-state index in [1.165, 1.54) is 11.8 Å². The highest BCUT2D eigenvalue weighted by atomic mass is 35.5. The van der Waals surface area contributed by atoms with E-state index in [0.29, 0.717) is 15.7 Å². The standard InChI is InChI=1S/C19H18ClN3OS/c1-12-5-4-6-17(11-12)23-14(3)21-22-19(23)25-13(2)18(24)15-7-9-16(20)10-8-15/h4-11,13H,1-3H3/t13-/m1/s1. The average molecular weight is 372 g/mol. The van der Waals surface area contributed by atoms with Crippen molar-refractivity contribution in [1.29, 1.82) is 0 Å². The van der Waals surface area contributed by atoms with E-state index in [1.54, 1.807) is 24.3 Å². The molecule has 1 atom stereocenters. The number of thioether (sulfide) groups is 1. The van der Waals surface area contributed by atoms with E-state index in [2.05, 4.69) is 16.3 Å². The van der Waals surface area contributed by atoms with Gasteiger partial charge >= 0.3 is 0 Å². The summed E-state index contributed by atoms with van der Waals surface area (Å²) in [5.74, 6) is 0.831. The molecule has 0 N–H and O–H groups in total. The number of ketones is 1. The van der Waals surface area contributed by atoms with Crippen LogP contribution in [0.4, 0.5) is 0 Å². The molecule has 0 aliphatic heterocycles. The summed E-state index contributed by atoms with van der Waals surface area (Å²) in [4.78, 5) is 12.6. The number of Topliss-reactive ketones (excluding diaryl/α,β-unsaturated/α-hetero) is 1. The molecule has 0 bridgehead atoms. The molecule has 0 aliphatic carbocycles. The minimum absolute atomic E-state index is 0.0399. The summed E-state index contributed by atoms with van der Waals surface area (Å²) < 4.78 is 1.98. The Bertz CT molecular complexity index is 905. The van der Waals surface area contributed by atoms with Crippen molar-refractivity contribution < 1.29 is 4.79 Å². The smallest absolute Gasteiger partial charge is 0.196 e. The summed E-state index contributed by atoms with van der Waals surface area (Å²) in [6.45, 7) is 5.83. The third kappa shape index (κ3) is 3.94. The second-order valence-corrected chi connectivity index (χ2v) is 7.58. The lowest BCUT2D eigenvalue weighted by atomic mass is 10.1. The summed E-state index contributed by atoms with van der Waals surface area (Å²) in [5, 5.41) is 9.48. The third-order valence-electron chi connectivity index (χ3n) is 3.84. The van der Waals surface area contributed by atoms with Gasteiger partial charge in [-0.2, -0.15) is 0 Å². The van der Waals surface area contributed by atoms with Gasteiger partial charge in [0.05, 0.1) is 5.25 Å². The number of carbonyl (C=O) groups excluding carboxylic acids is 1. The maximum atomic E-state index is 12.6. The molecule has 0 aliphatic rings. The SMILES string of the molecule is Cc1cccc(-n2c(C)nnc2S[C@H](C)C(=O)c2ccc(Cl)cc2)c1. The molecule has 0 spiro atoms. The number of nitrogens with zero attached hydrogens (tertiary/aromatic N) is 3. The van der Waals surface area contributed by atoms with Crippen molar-refractivity contribution in [3.05, 3.63) is 70.5 Å². The highest BCUT2D eigenvalue weighted by molar-refractivity contribution is 8.00. The Morgan fingerprint density at radius 3 is 2.52 bits per heavy atom. The number of carbonyl (C=O) groups is 1. The van der Waals surface area contributed by atoms with Gasteiger partial charge in [-0.25, -0.2) is 0 Å². The first kappa shape index (κ1) is 17.7. The van der Waals surface area contributed by atoms with Crippen molar-refractivity contribution in [3.8, 4) is 5.69 Å². The van der Waals surface area contributed by atoms with Crippen LogP contribution in [0.5, 0.6) is 0 Å². The summed E-state index contributed by atoms with van der Waals surface area (Å²) in [5.41, 5.74) is 2.80. The molecule has 0 saturated carbocycles. The van der Waals surface area contributed by atoms with E-state index in [1.807, 2.05) is 43.5 Å². The zero-order valence-electron chi connectivity index (χ0n) is 14.2. The summed E-state index contributed by atoms with van der Waals surface area (Å²) >= 11 is 7.30. The lowest BCUT2D eigenvalue weighted by molar-refractivity contribution is 0.0994. The van der Waals surface area contributed by atoms with Crippen LogP contribution in [0.2, 0.25) is 5.02 Å².